The molecule has 0 radical (unpaired) electrons. The molecule has 0 amide bonds. The molecule has 2 aliphatic rings. The summed E-state index contributed by atoms with van der Waals surface area (Å²) in [5.41, 5.74) is 1.88. The number of hydrogen-bond acceptors (Lipinski definition) is 12. The van der Waals surface area contributed by atoms with Gasteiger partial charge in [0.1, 0.15) is 55.1 Å². The Morgan fingerprint density at radius 3 is 2.23 bits per heavy atom. The predicted octanol–water partition coefficient (Wildman–Crippen LogP) is 0.0855. The van der Waals surface area contributed by atoms with Gasteiger partial charge >= 0.3 is 5.97 Å². The fourth-order valence-corrected chi connectivity index (χ4v) is 4.74. The third kappa shape index (κ3) is 8.82. The van der Waals surface area contributed by atoms with Crippen molar-refractivity contribution in [1.82, 2.24) is 4.90 Å². The minimum Gasteiger partial charge on any atom is -0.462 e. The Bertz CT molecular complexity index is 1180. The van der Waals surface area contributed by atoms with Crippen molar-refractivity contribution in [2.24, 2.45) is 0 Å². The summed E-state index contributed by atoms with van der Waals surface area (Å²) < 4.78 is 28.1. The van der Waals surface area contributed by atoms with Crippen molar-refractivity contribution in [3.63, 3.8) is 0 Å². The van der Waals surface area contributed by atoms with Crippen molar-refractivity contribution in [3.8, 4) is 5.75 Å². The summed E-state index contributed by atoms with van der Waals surface area (Å²) in [7, 11) is 3.99. The van der Waals surface area contributed by atoms with Crippen LogP contribution in [0.3, 0.4) is 0 Å². The molecule has 2 aliphatic heterocycles. The lowest BCUT2D eigenvalue weighted by Crippen LogP contribution is -2.64. The number of aliphatic hydroxyl groups is 5. The molecule has 2 aromatic carbocycles. The molecule has 0 bridgehead atoms. The standard InChI is InChI=1S/C31H41NO11/c1-18-24(34)29(28(38)31(40-18)41-21-12-9-20(10-13-21)15-16-32(2)3)43-30-27(37)26(36)25(35)22(42-30)17-39-23(33)14-11-19-7-5-4-6-8-19/h4-14,18,22,24-31,34-38H,15-17H2,1-3H3/t18-,22+,24-,25+,26-,27+,28+,29+,30-,31-/m0/s1. The summed E-state index contributed by atoms with van der Waals surface area (Å²) >= 11 is 0. The molecule has 2 aromatic rings. The van der Waals surface area contributed by atoms with Crippen molar-refractivity contribution in [2.45, 2.75) is 74.8 Å². The number of nitrogens with zero attached hydrogens (tertiary/aromatic N) is 1. The quantitative estimate of drug-likeness (QED) is 0.174. The topological polar surface area (TPSA) is 168 Å². The fourth-order valence-electron chi connectivity index (χ4n) is 4.74. The van der Waals surface area contributed by atoms with Gasteiger partial charge in [0.15, 0.2) is 6.29 Å². The van der Waals surface area contributed by atoms with Gasteiger partial charge in [-0.25, -0.2) is 4.79 Å². The SMILES string of the molecule is C[C@@H]1O[C@@H](Oc2ccc(CCN(C)C)cc2)[C@H](O)[C@H](O[C@@H]2O[C@H](COC(=O)C=Cc3ccccc3)[C@@H](O)[C@H](O)[C@H]2O)[C@H]1O. The van der Waals surface area contributed by atoms with Gasteiger partial charge in [-0.15, -0.1) is 0 Å². The maximum absolute atomic E-state index is 12.2. The number of benzene rings is 2. The lowest BCUT2D eigenvalue weighted by atomic mass is 9.97. The molecule has 0 aliphatic carbocycles. The summed E-state index contributed by atoms with van der Waals surface area (Å²) in [6, 6.07) is 16.4. The molecular weight excluding hydrogens is 562 g/mol. The molecule has 2 heterocycles. The van der Waals surface area contributed by atoms with Crippen LogP contribution in [0.1, 0.15) is 18.1 Å². The van der Waals surface area contributed by atoms with Gasteiger partial charge in [0.2, 0.25) is 6.29 Å². The highest BCUT2D eigenvalue weighted by Gasteiger charge is 2.50. The third-order valence-corrected chi connectivity index (χ3v) is 7.37. The van der Waals surface area contributed by atoms with Crippen LogP contribution in [0, 0.1) is 0 Å². The average molecular weight is 604 g/mol. The second-order valence-corrected chi connectivity index (χ2v) is 11.0. The van der Waals surface area contributed by atoms with E-state index in [0.717, 1.165) is 24.1 Å². The van der Waals surface area contributed by atoms with Crippen LogP contribution in [0.4, 0.5) is 0 Å². The molecular formula is C31H41NO11. The van der Waals surface area contributed by atoms with Crippen LogP contribution in [0.2, 0.25) is 0 Å². The molecule has 0 saturated carbocycles. The Kier molecular flexibility index (Phi) is 11.7. The number of aliphatic hydroxyl groups excluding tert-OH is 5. The smallest absolute Gasteiger partial charge is 0.330 e. The Labute approximate surface area is 250 Å². The Balaban J connectivity index is 1.37. The molecule has 0 spiro atoms. The molecule has 5 N–H and O–H groups in total. The lowest BCUT2D eigenvalue weighted by molar-refractivity contribution is -0.350. The summed E-state index contributed by atoms with van der Waals surface area (Å²) in [5.74, 6) is -0.289. The highest BCUT2D eigenvalue weighted by molar-refractivity contribution is 5.87. The number of hydrogen-bond donors (Lipinski definition) is 5. The Morgan fingerprint density at radius 1 is 0.860 bits per heavy atom. The van der Waals surface area contributed by atoms with E-state index in [4.69, 9.17) is 23.7 Å². The van der Waals surface area contributed by atoms with E-state index in [1.165, 1.54) is 6.08 Å². The molecule has 10 atom stereocenters. The van der Waals surface area contributed by atoms with Gasteiger partial charge in [0.05, 0.1) is 6.10 Å². The zero-order valence-corrected chi connectivity index (χ0v) is 24.4. The van der Waals surface area contributed by atoms with Gasteiger partial charge in [-0.05, 0) is 56.8 Å². The van der Waals surface area contributed by atoms with E-state index in [0.29, 0.717) is 5.75 Å². The van der Waals surface area contributed by atoms with Crippen LogP contribution in [0.5, 0.6) is 5.75 Å². The highest BCUT2D eigenvalue weighted by atomic mass is 16.7. The molecule has 4 rings (SSSR count). The first-order valence-corrected chi connectivity index (χ1v) is 14.2. The average Bonchev–Trinajstić information content (AvgIpc) is 3.00. The minimum atomic E-state index is -1.74. The van der Waals surface area contributed by atoms with E-state index in [-0.39, 0.29) is 0 Å². The second kappa shape index (κ2) is 15.2. The molecule has 0 unspecified atom stereocenters. The van der Waals surface area contributed by atoms with Gasteiger partial charge in [0.25, 0.3) is 0 Å². The van der Waals surface area contributed by atoms with Gasteiger partial charge in [-0.2, -0.15) is 0 Å². The van der Waals surface area contributed by atoms with E-state index >= 15 is 0 Å². The van der Waals surface area contributed by atoms with E-state index < -0.39 is 74.0 Å². The van der Waals surface area contributed by atoms with Crippen LogP contribution in [0.15, 0.2) is 60.7 Å². The van der Waals surface area contributed by atoms with Crippen LogP contribution in [0.25, 0.3) is 6.08 Å². The lowest BCUT2D eigenvalue weighted by Gasteiger charge is -2.45. The molecule has 12 heteroatoms. The maximum Gasteiger partial charge on any atom is 0.330 e. The normalized spacial score (nSPS) is 33.0. The predicted molar refractivity (Wildman–Crippen MR) is 154 cm³/mol. The Morgan fingerprint density at radius 2 is 1.56 bits per heavy atom. The van der Waals surface area contributed by atoms with Gasteiger partial charge in [-0.1, -0.05) is 42.5 Å². The number of ether oxygens (including phenoxy) is 5. The first-order valence-electron chi connectivity index (χ1n) is 14.2. The molecule has 2 fully saturated rings. The molecule has 43 heavy (non-hydrogen) atoms. The molecule has 12 nitrogen and oxygen atoms in total. The van der Waals surface area contributed by atoms with Crippen LogP contribution in [-0.2, 0) is 30.2 Å². The number of carbonyl (C=O) groups excluding carboxylic acids is 1. The summed E-state index contributed by atoms with van der Waals surface area (Å²) in [5, 5.41) is 53.3. The molecule has 2 saturated heterocycles. The van der Waals surface area contributed by atoms with Gasteiger partial charge in [-0.3, -0.25) is 0 Å². The molecule has 236 valence electrons. The number of rotatable bonds is 11. The van der Waals surface area contributed by atoms with Crippen molar-refractivity contribution < 1.29 is 54.0 Å². The first kappa shape index (κ1) is 33.0. The fraction of sp³-hybridized carbons (Fsp3) is 0.516. The largest absolute Gasteiger partial charge is 0.462 e. The van der Waals surface area contributed by atoms with Crippen molar-refractivity contribution in [1.29, 1.82) is 0 Å². The minimum absolute atomic E-state index is 0.427. The first-order chi connectivity index (χ1) is 20.5. The highest BCUT2D eigenvalue weighted by Crippen LogP contribution is 2.30. The van der Waals surface area contributed by atoms with Crippen LogP contribution < -0.4 is 4.74 Å². The number of likely N-dealkylation sites (N-methyl/N-ethyl adjacent to an activating group) is 1. The summed E-state index contributed by atoms with van der Waals surface area (Å²) in [6.07, 6.45) is -10.7. The van der Waals surface area contributed by atoms with E-state index in [9.17, 15) is 30.3 Å². The van der Waals surface area contributed by atoms with Gasteiger partial charge in [0, 0.05) is 12.6 Å². The van der Waals surface area contributed by atoms with Crippen molar-refractivity contribution >= 4 is 12.0 Å². The van der Waals surface area contributed by atoms with Crippen molar-refractivity contribution in [3.05, 3.63) is 71.8 Å². The third-order valence-electron chi connectivity index (χ3n) is 7.37. The second-order valence-electron chi connectivity index (χ2n) is 11.0. The summed E-state index contributed by atoms with van der Waals surface area (Å²) in [6.45, 7) is 1.98. The van der Waals surface area contributed by atoms with Crippen LogP contribution in [-0.4, -0.2) is 125 Å². The van der Waals surface area contributed by atoms with E-state index in [1.54, 1.807) is 37.3 Å². The van der Waals surface area contributed by atoms with Crippen LogP contribution >= 0.6 is 0 Å². The summed E-state index contributed by atoms with van der Waals surface area (Å²) in [4.78, 5) is 14.3. The zero-order chi connectivity index (χ0) is 31.1. The van der Waals surface area contributed by atoms with Gasteiger partial charge < -0.3 is 54.1 Å². The maximum atomic E-state index is 12.2. The number of esters is 1. The molecule has 0 aromatic heterocycles. The number of carbonyl (C=O) groups is 1. The van der Waals surface area contributed by atoms with Crippen molar-refractivity contribution in [2.75, 3.05) is 27.2 Å². The Hall–Kier alpha value is -2.91. The van der Waals surface area contributed by atoms with E-state index in [1.807, 2.05) is 44.4 Å². The van der Waals surface area contributed by atoms with E-state index in [2.05, 4.69) is 4.90 Å². The zero-order valence-electron chi connectivity index (χ0n) is 24.4. The monoisotopic (exact) mass is 603 g/mol.